The van der Waals surface area contributed by atoms with Crippen molar-refractivity contribution in [1.82, 2.24) is 9.80 Å². The molecule has 98 valence electrons. The van der Waals surface area contributed by atoms with Crippen molar-refractivity contribution < 1.29 is 4.79 Å². The highest BCUT2D eigenvalue weighted by atomic mass is 16.2. The summed E-state index contributed by atoms with van der Waals surface area (Å²) in [5, 5.41) is 0. The SMILES string of the molecule is Cc1ccccc1C1CN(CCCN)C(=O)N1C. The Bertz CT molecular complexity index is 433. The Balaban J connectivity index is 2.16. The Morgan fingerprint density at radius 3 is 2.78 bits per heavy atom. The van der Waals surface area contributed by atoms with Gasteiger partial charge in [-0.3, -0.25) is 0 Å². The molecule has 4 nitrogen and oxygen atoms in total. The Kier molecular flexibility index (Phi) is 3.87. The number of rotatable bonds is 4. The van der Waals surface area contributed by atoms with Crippen LogP contribution in [0.1, 0.15) is 23.6 Å². The Morgan fingerprint density at radius 1 is 1.39 bits per heavy atom. The Morgan fingerprint density at radius 2 is 2.11 bits per heavy atom. The van der Waals surface area contributed by atoms with E-state index in [1.807, 2.05) is 29.0 Å². The van der Waals surface area contributed by atoms with Gasteiger partial charge in [-0.05, 0) is 31.0 Å². The minimum atomic E-state index is 0.108. The van der Waals surface area contributed by atoms with Crippen molar-refractivity contribution >= 4 is 6.03 Å². The van der Waals surface area contributed by atoms with Gasteiger partial charge in [0.25, 0.3) is 0 Å². The van der Waals surface area contributed by atoms with Crippen molar-refractivity contribution in [3.8, 4) is 0 Å². The molecule has 0 aliphatic carbocycles. The number of likely N-dealkylation sites (N-methyl/N-ethyl adjacent to an activating group) is 1. The molecule has 0 spiro atoms. The molecule has 1 aliphatic heterocycles. The van der Waals surface area contributed by atoms with Gasteiger partial charge in [0.05, 0.1) is 6.04 Å². The molecule has 2 rings (SSSR count). The summed E-state index contributed by atoms with van der Waals surface area (Å²) in [6.07, 6.45) is 0.861. The Hall–Kier alpha value is -1.55. The maximum absolute atomic E-state index is 12.1. The second kappa shape index (κ2) is 5.40. The van der Waals surface area contributed by atoms with Gasteiger partial charge in [-0.1, -0.05) is 24.3 Å². The lowest BCUT2D eigenvalue weighted by atomic mass is 10.0. The van der Waals surface area contributed by atoms with Crippen LogP contribution >= 0.6 is 0 Å². The first-order valence-electron chi connectivity index (χ1n) is 6.42. The molecule has 18 heavy (non-hydrogen) atoms. The van der Waals surface area contributed by atoms with E-state index in [0.717, 1.165) is 19.5 Å². The van der Waals surface area contributed by atoms with E-state index in [2.05, 4.69) is 19.1 Å². The van der Waals surface area contributed by atoms with E-state index < -0.39 is 0 Å². The third kappa shape index (κ3) is 2.34. The molecule has 2 amide bonds. The Labute approximate surface area is 108 Å². The fraction of sp³-hybridized carbons (Fsp3) is 0.500. The second-order valence-corrected chi connectivity index (χ2v) is 4.85. The number of nitrogens with zero attached hydrogens (tertiary/aromatic N) is 2. The van der Waals surface area contributed by atoms with E-state index in [0.29, 0.717) is 6.54 Å². The molecule has 0 saturated carbocycles. The minimum Gasteiger partial charge on any atom is -0.330 e. The van der Waals surface area contributed by atoms with Crippen LogP contribution in [0, 0.1) is 6.92 Å². The first-order chi connectivity index (χ1) is 8.65. The zero-order valence-electron chi connectivity index (χ0n) is 11.1. The van der Waals surface area contributed by atoms with Gasteiger partial charge >= 0.3 is 6.03 Å². The lowest BCUT2D eigenvalue weighted by molar-refractivity contribution is 0.195. The maximum atomic E-state index is 12.1. The van der Waals surface area contributed by atoms with Gasteiger partial charge in [-0.15, -0.1) is 0 Å². The summed E-state index contributed by atoms with van der Waals surface area (Å²) in [7, 11) is 1.88. The highest BCUT2D eigenvalue weighted by molar-refractivity contribution is 5.77. The first kappa shape index (κ1) is 12.9. The molecule has 0 radical (unpaired) electrons. The van der Waals surface area contributed by atoms with Crippen molar-refractivity contribution in [3.63, 3.8) is 0 Å². The van der Waals surface area contributed by atoms with Crippen LogP contribution in [0.2, 0.25) is 0 Å². The molecule has 1 aliphatic rings. The van der Waals surface area contributed by atoms with E-state index >= 15 is 0 Å². The topological polar surface area (TPSA) is 49.6 Å². The van der Waals surface area contributed by atoms with Crippen LogP contribution in [-0.4, -0.2) is 42.5 Å². The van der Waals surface area contributed by atoms with Crippen LogP contribution < -0.4 is 5.73 Å². The predicted octanol–water partition coefficient (Wildman–Crippen LogP) is 1.75. The number of benzene rings is 1. The van der Waals surface area contributed by atoms with Crippen LogP contribution in [0.15, 0.2) is 24.3 Å². The summed E-state index contributed by atoms with van der Waals surface area (Å²) < 4.78 is 0. The van der Waals surface area contributed by atoms with Crippen molar-refractivity contribution in [3.05, 3.63) is 35.4 Å². The highest BCUT2D eigenvalue weighted by Gasteiger charge is 2.35. The van der Waals surface area contributed by atoms with Gasteiger partial charge in [0, 0.05) is 20.1 Å². The summed E-state index contributed by atoms with van der Waals surface area (Å²) in [5.74, 6) is 0. The van der Waals surface area contributed by atoms with Crippen molar-refractivity contribution in [2.45, 2.75) is 19.4 Å². The molecule has 1 aromatic carbocycles. The predicted molar refractivity (Wildman–Crippen MR) is 72.3 cm³/mol. The van der Waals surface area contributed by atoms with Crippen LogP contribution in [0.4, 0.5) is 4.79 Å². The molecular formula is C14H21N3O. The normalized spacial score (nSPS) is 19.7. The van der Waals surface area contributed by atoms with E-state index in [9.17, 15) is 4.79 Å². The summed E-state index contributed by atoms with van der Waals surface area (Å²) in [6, 6.07) is 8.53. The molecule has 2 N–H and O–H groups in total. The first-order valence-corrected chi connectivity index (χ1v) is 6.42. The van der Waals surface area contributed by atoms with Gasteiger partial charge in [-0.2, -0.15) is 0 Å². The number of hydrogen-bond acceptors (Lipinski definition) is 2. The third-order valence-electron chi connectivity index (χ3n) is 3.61. The highest BCUT2D eigenvalue weighted by Crippen LogP contribution is 2.29. The molecule has 1 unspecified atom stereocenters. The number of carbonyl (C=O) groups excluding carboxylic acids is 1. The van der Waals surface area contributed by atoms with Gasteiger partial charge in [0.2, 0.25) is 0 Å². The lowest BCUT2D eigenvalue weighted by Crippen LogP contribution is -2.31. The third-order valence-corrected chi connectivity index (χ3v) is 3.61. The fourth-order valence-corrected chi connectivity index (χ4v) is 2.50. The van der Waals surface area contributed by atoms with Crippen LogP contribution in [0.3, 0.4) is 0 Å². The van der Waals surface area contributed by atoms with Crippen LogP contribution in [-0.2, 0) is 0 Å². The summed E-state index contributed by atoms with van der Waals surface area (Å²) in [6.45, 7) is 4.24. The molecular weight excluding hydrogens is 226 g/mol. The number of carbonyl (C=O) groups is 1. The molecule has 1 aromatic rings. The number of nitrogens with two attached hydrogens (primary N) is 1. The van der Waals surface area contributed by atoms with Crippen molar-refractivity contribution in [2.75, 3.05) is 26.7 Å². The zero-order valence-corrected chi connectivity index (χ0v) is 11.1. The molecule has 0 aromatic heterocycles. The average molecular weight is 247 g/mol. The van der Waals surface area contributed by atoms with Gasteiger partial charge < -0.3 is 15.5 Å². The summed E-state index contributed by atoms with van der Waals surface area (Å²) in [4.78, 5) is 15.8. The number of hydrogen-bond donors (Lipinski definition) is 1. The lowest BCUT2D eigenvalue weighted by Gasteiger charge is -2.19. The molecule has 0 bridgehead atoms. The maximum Gasteiger partial charge on any atom is 0.320 e. The second-order valence-electron chi connectivity index (χ2n) is 4.85. The fourth-order valence-electron chi connectivity index (χ4n) is 2.50. The van der Waals surface area contributed by atoms with Crippen LogP contribution in [0.5, 0.6) is 0 Å². The molecule has 4 heteroatoms. The molecule has 1 heterocycles. The molecule has 1 saturated heterocycles. The standard InChI is InChI=1S/C14H21N3O/c1-11-6-3-4-7-12(11)13-10-17(9-5-8-15)14(18)16(13)2/h3-4,6-7,13H,5,8-10,15H2,1-2H3. The van der Waals surface area contributed by atoms with Gasteiger partial charge in [-0.25, -0.2) is 4.79 Å². The van der Waals surface area contributed by atoms with Gasteiger partial charge in [0.15, 0.2) is 0 Å². The van der Waals surface area contributed by atoms with E-state index in [-0.39, 0.29) is 12.1 Å². The zero-order chi connectivity index (χ0) is 13.1. The minimum absolute atomic E-state index is 0.108. The summed E-state index contributed by atoms with van der Waals surface area (Å²) >= 11 is 0. The molecule has 1 atom stereocenters. The smallest absolute Gasteiger partial charge is 0.320 e. The molecule has 1 fully saturated rings. The van der Waals surface area contributed by atoms with Crippen molar-refractivity contribution in [2.24, 2.45) is 5.73 Å². The van der Waals surface area contributed by atoms with E-state index in [4.69, 9.17) is 5.73 Å². The summed E-state index contributed by atoms with van der Waals surface area (Å²) in [5.41, 5.74) is 7.98. The average Bonchev–Trinajstić information content (AvgIpc) is 2.65. The van der Waals surface area contributed by atoms with Crippen molar-refractivity contribution in [1.29, 1.82) is 0 Å². The van der Waals surface area contributed by atoms with Crippen LogP contribution in [0.25, 0.3) is 0 Å². The van der Waals surface area contributed by atoms with Gasteiger partial charge in [0.1, 0.15) is 0 Å². The monoisotopic (exact) mass is 247 g/mol. The van der Waals surface area contributed by atoms with E-state index in [1.54, 1.807) is 0 Å². The quantitative estimate of drug-likeness (QED) is 0.881. The number of amides is 2. The largest absolute Gasteiger partial charge is 0.330 e. The number of urea groups is 1. The van der Waals surface area contributed by atoms with E-state index in [1.165, 1.54) is 11.1 Å². The number of aryl methyl sites for hydroxylation is 1.